The second-order valence-corrected chi connectivity index (χ2v) is 5.35. The van der Waals surface area contributed by atoms with Gasteiger partial charge in [0.2, 0.25) is 0 Å². The van der Waals surface area contributed by atoms with Gasteiger partial charge in [-0.1, -0.05) is 18.0 Å². The average Bonchev–Trinajstić information content (AvgIpc) is 2.25. The summed E-state index contributed by atoms with van der Waals surface area (Å²) in [6.07, 6.45) is 2.92. The molecule has 0 saturated heterocycles. The molecule has 0 amide bonds. The largest absolute Gasteiger partial charge is 0.481 e. The lowest BCUT2D eigenvalue weighted by Gasteiger charge is -2.08. The number of halogens is 2. The van der Waals surface area contributed by atoms with Crippen LogP contribution in [0.2, 0.25) is 5.02 Å². The van der Waals surface area contributed by atoms with Crippen LogP contribution in [0.15, 0.2) is 18.2 Å². The van der Waals surface area contributed by atoms with Gasteiger partial charge in [-0.2, -0.15) is 0 Å². The van der Waals surface area contributed by atoms with Gasteiger partial charge in [-0.15, -0.1) is 0 Å². The summed E-state index contributed by atoms with van der Waals surface area (Å²) in [5.74, 6) is -0.717. The molecule has 0 heterocycles. The molecule has 0 fully saturated rings. The molecule has 94 valence electrons. The van der Waals surface area contributed by atoms with Crippen LogP contribution < -0.4 is 5.32 Å². The summed E-state index contributed by atoms with van der Waals surface area (Å²) in [6, 6.07) is 5.73. The summed E-state index contributed by atoms with van der Waals surface area (Å²) in [7, 11) is 0. The molecule has 3 nitrogen and oxygen atoms in total. The molecule has 0 saturated carbocycles. The van der Waals surface area contributed by atoms with Crippen LogP contribution in [0.5, 0.6) is 0 Å². The van der Waals surface area contributed by atoms with Crippen molar-refractivity contribution in [2.24, 2.45) is 0 Å². The van der Waals surface area contributed by atoms with Gasteiger partial charge in [-0.3, -0.25) is 4.79 Å². The molecular weight excluding hydrogens is 352 g/mol. The zero-order valence-electron chi connectivity index (χ0n) is 9.38. The topological polar surface area (TPSA) is 49.3 Å². The monoisotopic (exact) mass is 367 g/mol. The molecule has 0 aliphatic carbocycles. The normalized spacial score (nSPS) is 10.2. The van der Waals surface area contributed by atoms with E-state index in [1.165, 1.54) is 0 Å². The van der Waals surface area contributed by atoms with Crippen LogP contribution in [0.4, 0.5) is 5.69 Å². The van der Waals surface area contributed by atoms with Crippen molar-refractivity contribution in [3.05, 3.63) is 26.8 Å². The Morgan fingerprint density at radius 3 is 2.76 bits per heavy atom. The van der Waals surface area contributed by atoms with Crippen LogP contribution in [-0.2, 0) is 4.79 Å². The van der Waals surface area contributed by atoms with Crippen molar-refractivity contribution >= 4 is 45.8 Å². The molecule has 5 heteroatoms. The van der Waals surface area contributed by atoms with Gasteiger partial charge in [0.1, 0.15) is 0 Å². The molecule has 1 rings (SSSR count). The number of aliphatic carboxylic acids is 1. The van der Waals surface area contributed by atoms with E-state index in [4.69, 9.17) is 16.7 Å². The first kappa shape index (κ1) is 14.6. The number of anilines is 1. The second-order valence-electron chi connectivity index (χ2n) is 3.76. The summed E-state index contributed by atoms with van der Waals surface area (Å²) >= 11 is 8.10. The highest BCUT2D eigenvalue weighted by atomic mass is 127. The molecular formula is C12H15ClINO2. The van der Waals surface area contributed by atoms with Crippen LogP contribution in [0.3, 0.4) is 0 Å². The first-order chi connectivity index (χ1) is 8.09. The Labute approximate surface area is 120 Å². The number of carbonyl (C=O) groups is 1. The minimum Gasteiger partial charge on any atom is -0.481 e. The lowest BCUT2D eigenvalue weighted by Crippen LogP contribution is -2.03. The molecule has 0 radical (unpaired) electrons. The predicted octanol–water partition coefficient (Wildman–Crippen LogP) is 4.00. The molecule has 1 aromatic rings. The summed E-state index contributed by atoms with van der Waals surface area (Å²) in [6.45, 7) is 0.858. The first-order valence-corrected chi connectivity index (χ1v) is 6.96. The lowest BCUT2D eigenvalue weighted by atomic mass is 10.2. The van der Waals surface area contributed by atoms with E-state index in [2.05, 4.69) is 27.9 Å². The van der Waals surface area contributed by atoms with E-state index in [-0.39, 0.29) is 6.42 Å². The standard InChI is InChI=1S/C12H15ClINO2/c13-9-5-6-11(10(14)8-9)15-7-3-1-2-4-12(16)17/h5-6,8,15H,1-4,7H2,(H,16,17). The van der Waals surface area contributed by atoms with Crippen LogP contribution in [0.1, 0.15) is 25.7 Å². The van der Waals surface area contributed by atoms with E-state index in [0.29, 0.717) is 0 Å². The molecule has 0 aromatic heterocycles. The number of benzene rings is 1. The SMILES string of the molecule is O=C(O)CCCCCNc1ccc(Cl)cc1I. The molecule has 17 heavy (non-hydrogen) atoms. The van der Waals surface area contributed by atoms with E-state index in [0.717, 1.165) is 40.1 Å². The third kappa shape index (κ3) is 6.12. The molecule has 0 bridgehead atoms. The summed E-state index contributed by atoms with van der Waals surface area (Å²) in [4.78, 5) is 10.3. The minimum absolute atomic E-state index is 0.262. The summed E-state index contributed by atoms with van der Waals surface area (Å²) in [5, 5.41) is 12.5. The van der Waals surface area contributed by atoms with E-state index in [1.54, 1.807) is 0 Å². The zero-order valence-corrected chi connectivity index (χ0v) is 12.3. The summed E-state index contributed by atoms with van der Waals surface area (Å²) < 4.78 is 1.10. The lowest BCUT2D eigenvalue weighted by molar-refractivity contribution is -0.137. The maximum absolute atomic E-state index is 10.3. The van der Waals surface area contributed by atoms with Crippen molar-refractivity contribution in [2.75, 3.05) is 11.9 Å². The van der Waals surface area contributed by atoms with E-state index in [1.807, 2.05) is 18.2 Å². The maximum Gasteiger partial charge on any atom is 0.303 e. The molecule has 0 spiro atoms. The fraction of sp³-hybridized carbons (Fsp3) is 0.417. The molecule has 2 N–H and O–H groups in total. The zero-order chi connectivity index (χ0) is 12.7. The minimum atomic E-state index is -0.717. The Balaban J connectivity index is 2.20. The fourth-order valence-corrected chi connectivity index (χ4v) is 2.50. The van der Waals surface area contributed by atoms with Gasteiger partial charge in [-0.25, -0.2) is 0 Å². The maximum atomic E-state index is 10.3. The van der Waals surface area contributed by atoms with E-state index >= 15 is 0 Å². The number of carboxylic acid groups (broad SMARTS) is 1. The fourth-order valence-electron chi connectivity index (χ4n) is 1.43. The smallest absolute Gasteiger partial charge is 0.303 e. The third-order valence-electron chi connectivity index (χ3n) is 2.31. The van der Waals surface area contributed by atoms with Gasteiger partial charge in [0.25, 0.3) is 0 Å². The van der Waals surface area contributed by atoms with Gasteiger partial charge in [0.05, 0.1) is 0 Å². The number of hydrogen-bond acceptors (Lipinski definition) is 2. The Morgan fingerprint density at radius 1 is 1.35 bits per heavy atom. The molecule has 0 unspecified atom stereocenters. The Kier molecular flexibility index (Phi) is 6.65. The quantitative estimate of drug-likeness (QED) is 0.566. The average molecular weight is 368 g/mol. The van der Waals surface area contributed by atoms with Crippen molar-refractivity contribution in [3.63, 3.8) is 0 Å². The third-order valence-corrected chi connectivity index (χ3v) is 3.44. The van der Waals surface area contributed by atoms with Crippen molar-refractivity contribution in [1.29, 1.82) is 0 Å². The second kappa shape index (κ2) is 7.76. The van der Waals surface area contributed by atoms with Gasteiger partial charge in [0.15, 0.2) is 0 Å². The number of carboxylic acids is 1. The van der Waals surface area contributed by atoms with E-state index < -0.39 is 5.97 Å². The van der Waals surface area contributed by atoms with Crippen LogP contribution in [0, 0.1) is 3.57 Å². The van der Waals surface area contributed by atoms with Gasteiger partial charge < -0.3 is 10.4 Å². The Morgan fingerprint density at radius 2 is 2.12 bits per heavy atom. The highest BCUT2D eigenvalue weighted by Crippen LogP contribution is 2.22. The molecule has 0 aliphatic rings. The molecule has 0 aliphatic heterocycles. The van der Waals surface area contributed by atoms with Gasteiger partial charge >= 0.3 is 5.97 Å². The van der Waals surface area contributed by atoms with Gasteiger partial charge in [-0.05, 0) is 53.6 Å². The Hall–Kier alpha value is -0.490. The predicted molar refractivity (Wildman–Crippen MR) is 78.8 cm³/mol. The summed E-state index contributed by atoms with van der Waals surface area (Å²) in [5.41, 5.74) is 1.08. The number of unbranched alkanes of at least 4 members (excludes halogenated alkanes) is 2. The Bertz CT molecular complexity index is 385. The first-order valence-electron chi connectivity index (χ1n) is 5.50. The highest BCUT2D eigenvalue weighted by Gasteiger charge is 2.00. The van der Waals surface area contributed by atoms with Crippen LogP contribution in [0.25, 0.3) is 0 Å². The number of nitrogens with one attached hydrogen (secondary N) is 1. The molecule has 1 aromatic carbocycles. The van der Waals surface area contributed by atoms with Crippen molar-refractivity contribution < 1.29 is 9.90 Å². The highest BCUT2D eigenvalue weighted by molar-refractivity contribution is 14.1. The number of rotatable bonds is 7. The van der Waals surface area contributed by atoms with Crippen molar-refractivity contribution in [2.45, 2.75) is 25.7 Å². The van der Waals surface area contributed by atoms with Crippen LogP contribution in [-0.4, -0.2) is 17.6 Å². The number of hydrogen-bond donors (Lipinski definition) is 2. The van der Waals surface area contributed by atoms with E-state index in [9.17, 15) is 4.79 Å². The van der Waals surface area contributed by atoms with Gasteiger partial charge in [0, 0.05) is 27.2 Å². The van der Waals surface area contributed by atoms with Crippen molar-refractivity contribution in [3.8, 4) is 0 Å². The molecule has 0 atom stereocenters. The van der Waals surface area contributed by atoms with Crippen molar-refractivity contribution in [1.82, 2.24) is 0 Å². The van der Waals surface area contributed by atoms with Crippen LogP contribution >= 0.6 is 34.2 Å².